The Morgan fingerprint density at radius 1 is 1.11 bits per heavy atom. The predicted octanol–water partition coefficient (Wildman–Crippen LogP) is 3.25. The molecule has 1 aliphatic heterocycles. The highest BCUT2D eigenvalue weighted by Gasteiger charge is 2.23. The number of rotatable bonds is 7. The summed E-state index contributed by atoms with van der Waals surface area (Å²) in [7, 11) is 3.35. The average molecular weight is 502 g/mol. The van der Waals surface area contributed by atoms with Crippen LogP contribution < -0.4 is 4.90 Å². The Hall–Kier alpha value is -2.78. The van der Waals surface area contributed by atoms with Crippen molar-refractivity contribution in [2.75, 3.05) is 51.3 Å². The van der Waals surface area contributed by atoms with Gasteiger partial charge in [0.05, 0.1) is 6.20 Å². The molecule has 0 bridgehead atoms. The molecule has 2 aromatic rings. The molecule has 0 saturated carbocycles. The summed E-state index contributed by atoms with van der Waals surface area (Å²) in [5, 5.41) is 4.18. The first-order valence-electron chi connectivity index (χ1n) is 12.8. The normalized spacial score (nSPS) is 15.9. The Morgan fingerprint density at radius 3 is 2.53 bits per heavy atom. The number of nitrogens with zero attached hydrogens (tertiary/aromatic N) is 5. The maximum Gasteiger partial charge on any atom is 0.252 e. The van der Waals surface area contributed by atoms with Crippen molar-refractivity contribution in [3.05, 3.63) is 47.5 Å². The summed E-state index contributed by atoms with van der Waals surface area (Å²) in [4.78, 5) is 32.3. The third-order valence-corrected chi connectivity index (χ3v) is 6.38. The third kappa shape index (κ3) is 8.13. The van der Waals surface area contributed by atoms with Crippen molar-refractivity contribution in [2.45, 2.75) is 46.1 Å². The highest BCUT2D eigenvalue weighted by Crippen LogP contribution is 2.25. The molecule has 0 spiro atoms. The maximum absolute atomic E-state index is 14.4. The minimum atomic E-state index is -0.383. The molecule has 1 aliphatic rings. The molecule has 8 nitrogen and oxygen atoms in total. The fourth-order valence-electron chi connectivity index (χ4n) is 4.78. The van der Waals surface area contributed by atoms with Crippen LogP contribution in [0.3, 0.4) is 0 Å². The zero-order valence-electron chi connectivity index (χ0n) is 22.1. The smallest absolute Gasteiger partial charge is 0.252 e. The van der Waals surface area contributed by atoms with Gasteiger partial charge < -0.3 is 19.4 Å². The predicted molar refractivity (Wildman–Crippen MR) is 138 cm³/mol. The Bertz CT molecular complexity index is 1010. The molecule has 0 fully saturated rings. The highest BCUT2D eigenvalue weighted by atomic mass is 19.1. The second kappa shape index (κ2) is 13.5. The van der Waals surface area contributed by atoms with Crippen LogP contribution in [0.4, 0.5) is 10.1 Å². The molecule has 0 atom stereocenters. The van der Waals surface area contributed by atoms with Gasteiger partial charge in [-0.3, -0.25) is 14.3 Å². The highest BCUT2D eigenvalue weighted by molar-refractivity contribution is 5.95. The molecule has 1 aromatic carbocycles. The minimum absolute atomic E-state index is 0.0105. The van der Waals surface area contributed by atoms with Crippen molar-refractivity contribution in [3.63, 3.8) is 0 Å². The van der Waals surface area contributed by atoms with Crippen molar-refractivity contribution in [3.8, 4) is 0 Å². The van der Waals surface area contributed by atoms with E-state index in [0.29, 0.717) is 43.1 Å². The first kappa shape index (κ1) is 27.8. The standard InChI is InChI=1S/C27H40FN5O3/c1-21(2)17-31-11-5-13-32(26(34)10-7-22-16-29-30(3)18-22)19-23-15-24(28)8-9-25(23)33(14-6-12-31)27(35)20-36-4/h8-9,15-16,18,21H,5-7,10-14,17,19-20H2,1-4H3. The van der Waals surface area contributed by atoms with E-state index in [4.69, 9.17) is 4.74 Å². The Kier molecular flexibility index (Phi) is 10.4. The fraction of sp³-hybridized carbons (Fsp3) is 0.593. The molecule has 9 heteroatoms. The third-order valence-electron chi connectivity index (χ3n) is 6.38. The van der Waals surface area contributed by atoms with Gasteiger partial charge in [-0.05, 0) is 67.6 Å². The molecular formula is C27H40FN5O3. The number of aryl methyl sites for hydroxylation is 2. The van der Waals surface area contributed by atoms with Gasteiger partial charge in [0.15, 0.2) is 0 Å². The van der Waals surface area contributed by atoms with Crippen LogP contribution in [0.1, 0.15) is 44.2 Å². The van der Waals surface area contributed by atoms with Gasteiger partial charge in [-0.25, -0.2) is 4.39 Å². The van der Waals surface area contributed by atoms with E-state index in [1.807, 2.05) is 18.1 Å². The van der Waals surface area contributed by atoms with E-state index in [9.17, 15) is 14.0 Å². The van der Waals surface area contributed by atoms with E-state index in [1.54, 1.807) is 21.8 Å². The van der Waals surface area contributed by atoms with Gasteiger partial charge >= 0.3 is 0 Å². The molecule has 2 heterocycles. The second-order valence-corrected chi connectivity index (χ2v) is 9.99. The van der Waals surface area contributed by atoms with Crippen molar-refractivity contribution < 1.29 is 18.7 Å². The lowest BCUT2D eigenvalue weighted by Crippen LogP contribution is -2.40. The van der Waals surface area contributed by atoms with Crippen LogP contribution in [0.15, 0.2) is 30.6 Å². The van der Waals surface area contributed by atoms with Gasteiger partial charge in [0.2, 0.25) is 5.91 Å². The van der Waals surface area contributed by atoms with E-state index in [2.05, 4.69) is 23.8 Å². The first-order valence-corrected chi connectivity index (χ1v) is 12.8. The maximum atomic E-state index is 14.4. The average Bonchev–Trinajstić information content (AvgIpc) is 3.24. The molecule has 198 valence electrons. The molecule has 3 rings (SSSR count). The summed E-state index contributed by atoms with van der Waals surface area (Å²) >= 11 is 0. The van der Waals surface area contributed by atoms with Crippen LogP contribution in [0.5, 0.6) is 0 Å². The van der Waals surface area contributed by atoms with E-state index in [1.165, 1.54) is 19.2 Å². The number of carbonyl (C=O) groups excluding carboxylic acids is 2. The van der Waals surface area contributed by atoms with Crippen LogP contribution in [-0.4, -0.2) is 77.8 Å². The molecule has 0 saturated heterocycles. The van der Waals surface area contributed by atoms with Crippen molar-refractivity contribution in [1.82, 2.24) is 19.6 Å². The topological polar surface area (TPSA) is 70.9 Å². The summed E-state index contributed by atoms with van der Waals surface area (Å²) in [5.74, 6) is -0.0283. The molecule has 36 heavy (non-hydrogen) atoms. The second-order valence-electron chi connectivity index (χ2n) is 9.99. The summed E-state index contributed by atoms with van der Waals surface area (Å²) in [6, 6.07) is 4.46. The van der Waals surface area contributed by atoms with Crippen LogP contribution in [0, 0.1) is 11.7 Å². The Balaban J connectivity index is 1.89. The van der Waals surface area contributed by atoms with Crippen LogP contribution in [0.25, 0.3) is 0 Å². The number of aromatic nitrogens is 2. The number of ether oxygens (including phenoxy) is 1. The van der Waals surface area contributed by atoms with Gasteiger partial charge in [0.25, 0.3) is 5.91 Å². The molecule has 2 amide bonds. The largest absolute Gasteiger partial charge is 0.375 e. The summed E-state index contributed by atoms with van der Waals surface area (Å²) in [6.45, 7) is 8.34. The number of halogens is 1. The van der Waals surface area contributed by atoms with Crippen molar-refractivity contribution in [2.24, 2.45) is 13.0 Å². The van der Waals surface area contributed by atoms with E-state index in [-0.39, 0.29) is 30.8 Å². The van der Waals surface area contributed by atoms with E-state index in [0.717, 1.165) is 38.0 Å². The number of hydrogen-bond donors (Lipinski definition) is 0. The van der Waals surface area contributed by atoms with Crippen LogP contribution in [-0.2, 0) is 34.3 Å². The van der Waals surface area contributed by atoms with Crippen molar-refractivity contribution >= 4 is 17.5 Å². The zero-order valence-corrected chi connectivity index (χ0v) is 22.1. The van der Waals surface area contributed by atoms with Crippen LogP contribution in [0.2, 0.25) is 0 Å². The summed E-state index contributed by atoms with van der Waals surface area (Å²) in [6.07, 6.45) is 6.26. The molecule has 0 radical (unpaired) electrons. The van der Waals surface area contributed by atoms with Gasteiger partial charge in [0.1, 0.15) is 12.4 Å². The van der Waals surface area contributed by atoms with Crippen molar-refractivity contribution in [1.29, 1.82) is 0 Å². The van der Waals surface area contributed by atoms with E-state index >= 15 is 0 Å². The summed E-state index contributed by atoms with van der Waals surface area (Å²) < 4.78 is 21.2. The number of fused-ring (bicyclic) bond motifs is 1. The monoisotopic (exact) mass is 501 g/mol. The molecular weight excluding hydrogens is 461 g/mol. The molecule has 0 unspecified atom stereocenters. The lowest BCUT2D eigenvalue weighted by atomic mass is 10.1. The van der Waals surface area contributed by atoms with Gasteiger partial charge in [0, 0.05) is 58.6 Å². The number of methoxy groups -OCH3 is 1. The quantitative estimate of drug-likeness (QED) is 0.583. The zero-order chi connectivity index (χ0) is 26.1. The van der Waals surface area contributed by atoms with Gasteiger partial charge in [-0.15, -0.1) is 0 Å². The van der Waals surface area contributed by atoms with Gasteiger partial charge in [-0.2, -0.15) is 5.10 Å². The van der Waals surface area contributed by atoms with E-state index < -0.39 is 0 Å². The Labute approximate surface area is 214 Å². The number of amides is 2. The van der Waals surface area contributed by atoms with Crippen LogP contribution >= 0.6 is 0 Å². The fourth-order valence-corrected chi connectivity index (χ4v) is 4.78. The first-order chi connectivity index (χ1) is 17.3. The summed E-state index contributed by atoms with van der Waals surface area (Å²) in [5.41, 5.74) is 2.28. The number of hydrogen-bond acceptors (Lipinski definition) is 5. The minimum Gasteiger partial charge on any atom is -0.375 e. The lowest BCUT2D eigenvalue weighted by molar-refractivity contribution is -0.131. The Morgan fingerprint density at radius 2 is 1.86 bits per heavy atom. The SMILES string of the molecule is COCC(=O)N1CCCN(CC(C)C)CCCN(C(=O)CCc2cnn(C)c2)Cc2cc(F)ccc21. The number of anilines is 1. The molecule has 0 N–H and O–H groups in total. The van der Waals surface area contributed by atoms with Gasteiger partial charge in [-0.1, -0.05) is 13.8 Å². The number of carbonyl (C=O) groups is 2. The lowest BCUT2D eigenvalue weighted by Gasteiger charge is -2.32. The molecule has 0 aliphatic carbocycles. The molecule has 1 aromatic heterocycles. The number of benzene rings is 1.